The smallest absolute Gasteiger partial charge is 0.223 e. The fraction of sp³-hybridized carbons (Fsp3) is 0.296. The largest absolute Gasteiger partial charge is 0.383 e. The van der Waals surface area contributed by atoms with Gasteiger partial charge in [0.15, 0.2) is 0 Å². The van der Waals surface area contributed by atoms with Crippen molar-refractivity contribution in [1.29, 1.82) is 0 Å². The number of piperidine rings is 1. The van der Waals surface area contributed by atoms with E-state index in [9.17, 15) is 9.50 Å². The Balaban J connectivity index is 1.52. The normalized spacial score (nSPS) is 16.7. The van der Waals surface area contributed by atoms with Crippen LogP contribution in [0.2, 0.25) is 0 Å². The van der Waals surface area contributed by atoms with Gasteiger partial charge in [-0.3, -0.25) is 0 Å². The molecule has 180 valence electrons. The van der Waals surface area contributed by atoms with Gasteiger partial charge in [-0.15, -0.1) is 11.3 Å². The number of hydrogen-bond acceptors (Lipinski definition) is 7. The molecule has 4 aromatic rings. The number of likely N-dealkylation sites (tertiary alicyclic amines) is 1. The van der Waals surface area contributed by atoms with Gasteiger partial charge in [0.1, 0.15) is 16.4 Å². The second-order valence-electron chi connectivity index (χ2n) is 9.08. The molecular weight excluding hydrogens is 461 g/mol. The van der Waals surface area contributed by atoms with E-state index in [1.807, 2.05) is 24.3 Å². The molecule has 2 aromatic carbocycles. The molecule has 3 heterocycles. The zero-order valence-corrected chi connectivity index (χ0v) is 20.6. The predicted molar refractivity (Wildman–Crippen MR) is 138 cm³/mol. The van der Waals surface area contributed by atoms with Gasteiger partial charge in [0.25, 0.3) is 0 Å². The summed E-state index contributed by atoms with van der Waals surface area (Å²) in [6.07, 6.45) is 2.95. The van der Waals surface area contributed by atoms with Gasteiger partial charge in [-0.1, -0.05) is 30.3 Å². The van der Waals surface area contributed by atoms with Crippen LogP contribution in [0.5, 0.6) is 0 Å². The molecule has 5 rings (SSSR count). The average molecular weight is 490 g/mol. The molecule has 1 atom stereocenters. The second-order valence-corrected chi connectivity index (χ2v) is 10.1. The van der Waals surface area contributed by atoms with Crippen molar-refractivity contribution in [3.63, 3.8) is 0 Å². The Morgan fingerprint density at radius 3 is 2.46 bits per heavy atom. The number of aromatic nitrogens is 3. The van der Waals surface area contributed by atoms with Gasteiger partial charge in [-0.2, -0.15) is 0 Å². The van der Waals surface area contributed by atoms with E-state index in [0.29, 0.717) is 35.2 Å². The van der Waals surface area contributed by atoms with E-state index in [0.717, 1.165) is 29.1 Å². The fourth-order valence-corrected chi connectivity index (χ4v) is 5.47. The molecule has 0 amide bonds. The van der Waals surface area contributed by atoms with E-state index >= 15 is 0 Å². The van der Waals surface area contributed by atoms with Gasteiger partial charge in [-0.25, -0.2) is 19.3 Å². The van der Waals surface area contributed by atoms with Crippen molar-refractivity contribution in [3.05, 3.63) is 83.2 Å². The lowest BCUT2D eigenvalue weighted by atomic mass is 9.92. The van der Waals surface area contributed by atoms with Crippen LogP contribution in [0.3, 0.4) is 0 Å². The fourth-order valence-electron chi connectivity index (χ4n) is 4.27. The maximum atomic E-state index is 13.6. The predicted octanol–water partition coefficient (Wildman–Crippen LogP) is 5.49. The Kier molecular flexibility index (Phi) is 6.60. The molecule has 0 radical (unpaired) electrons. The van der Waals surface area contributed by atoms with E-state index < -0.39 is 5.60 Å². The van der Waals surface area contributed by atoms with Gasteiger partial charge in [-0.05, 0) is 62.7 Å². The molecule has 1 fully saturated rings. The van der Waals surface area contributed by atoms with Crippen LogP contribution in [-0.2, 0) is 5.60 Å². The highest BCUT2D eigenvalue weighted by Gasteiger charge is 2.37. The number of rotatable bonds is 6. The van der Waals surface area contributed by atoms with Crippen LogP contribution in [-0.4, -0.2) is 45.1 Å². The zero-order valence-electron chi connectivity index (χ0n) is 19.8. The van der Waals surface area contributed by atoms with Crippen LogP contribution in [0.15, 0.2) is 66.9 Å². The zero-order chi connectivity index (χ0) is 24.4. The monoisotopic (exact) mass is 489 g/mol. The minimum atomic E-state index is -0.986. The molecule has 0 saturated carbocycles. The van der Waals surface area contributed by atoms with Crippen LogP contribution in [0.1, 0.15) is 36.4 Å². The molecule has 35 heavy (non-hydrogen) atoms. The van der Waals surface area contributed by atoms with Crippen LogP contribution >= 0.6 is 11.3 Å². The summed E-state index contributed by atoms with van der Waals surface area (Å²) in [7, 11) is 2.06. The van der Waals surface area contributed by atoms with Crippen LogP contribution in [0.25, 0.3) is 21.8 Å². The van der Waals surface area contributed by atoms with Crippen LogP contribution in [0.4, 0.5) is 10.3 Å². The minimum Gasteiger partial charge on any atom is -0.383 e. The maximum Gasteiger partial charge on any atom is 0.223 e. The first-order chi connectivity index (χ1) is 16.9. The number of nitrogens with zero attached hydrogens (tertiary/aromatic N) is 4. The minimum absolute atomic E-state index is 0.0278. The van der Waals surface area contributed by atoms with Crippen molar-refractivity contribution < 1.29 is 9.50 Å². The summed E-state index contributed by atoms with van der Waals surface area (Å²) < 4.78 is 13.6. The van der Waals surface area contributed by atoms with Gasteiger partial charge < -0.3 is 15.3 Å². The number of halogens is 1. The lowest BCUT2D eigenvalue weighted by molar-refractivity contribution is -0.0203. The highest BCUT2D eigenvalue weighted by Crippen LogP contribution is 2.43. The van der Waals surface area contributed by atoms with Crippen molar-refractivity contribution in [3.8, 4) is 21.8 Å². The Morgan fingerprint density at radius 1 is 1.03 bits per heavy atom. The summed E-state index contributed by atoms with van der Waals surface area (Å²) in [4.78, 5) is 17.1. The standard InChI is InChI=1S/C27H28FN5OS/c1-18(19-6-4-3-5-7-19)30-26-29-15-12-22(31-26)24-23(20-8-10-21(28)11-9-20)32-25(35-24)27(34)13-16-33(2)17-14-27/h3-12,15,18,34H,13-14,16-17H2,1-2H3,(H,29,30,31)/t18-/m0/s1. The van der Waals surface area contributed by atoms with Gasteiger partial charge in [0, 0.05) is 24.8 Å². The molecule has 2 aromatic heterocycles. The Morgan fingerprint density at radius 2 is 1.74 bits per heavy atom. The number of benzene rings is 2. The first-order valence-corrected chi connectivity index (χ1v) is 12.6. The van der Waals surface area contributed by atoms with Gasteiger partial charge in [0.2, 0.25) is 5.95 Å². The third kappa shape index (κ3) is 5.10. The molecule has 0 aliphatic carbocycles. The number of anilines is 1. The summed E-state index contributed by atoms with van der Waals surface area (Å²) >= 11 is 1.45. The van der Waals surface area contributed by atoms with E-state index in [4.69, 9.17) is 9.97 Å². The van der Waals surface area contributed by atoms with E-state index in [-0.39, 0.29) is 11.9 Å². The topological polar surface area (TPSA) is 74.2 Å². The summed E-state index contributed by atoms with van der Waals surface area (Å²) in [5.74, 6) is 0.208. The molecule has 1 aliphatic heterocycles. The number of hydrogen-bond donors (Lipinski definition) is 2. The molecule has 0 spiro atoms. The van der Waals surface area contributed by atoms with Gasteiger partial charge in [0.05, 0.1) is 22.3 Å². The maximum absolute atomic E-state index is 13.6. The highest BCUT2D eigenvalue weighted by molar-refractivity contribution is 7.15. The summed E-state index contributed by atoms with van der Waals surface area (Å²) in [5.41, 5.74) is 2.34. The molecular formula is C27H28FN5OS. The molecule has 6 nitrogen and oxygen atoms in total. The lowest BCUT2D eigenvalue weighted by Crippen LogP contribution is -2.40. The van der Waals surface area contributed by atoms with Crippen molar-refractivity contribution in [2.75, 3.05) is 25.5 Å². The van der Waals surface area contributed by atoms with Crippen LogP contribution < -0.4 is 5.32 Å². The third-order valence-corrected chi connectivity index (χ3v) is 7.76. The van der Waals surface area contributed by atoms with Crippen molar-refractivity contribution in [2.24, 2.45) is 0 Å². The Hall–Kier alpha value is -3.20. The van der Waals surface area contributed by atoms with Crippen molar-refractivity contribution >= 4 is 17.3 Å². The van der Waals surface area contributed by atoms with E-state index in [1.165, 1.54) is 23.5 Å². The first kappa shape index (κ1) is 23.5. The van der Waals surface area contributed by atoms with Gasteiger partial charge >= 0.3 is 0 Å². The van der Waals surface area contributed by atoms with Crippen molar-refractivity contribution in [1.82, 2.24) is 19.9 Å². The Bertz CT molecular complexity index is 1290. The first-order valence-electron chi connectivity index (χ1n) is 11.7. The summed E-state index contributed by atoms with van der Waals surface area (Å²) in [6.45, 7) is 3.67. The quantitative estimate of drug-likeness (QED) is 0.373. The van der Waals surface area contributed by atoms with Crippen LogP contribution in [0, 0.1) is 5.82 Å². The number of thiazole rings is 1. The lowest BCUT2D eigenvalue weighted by Gasteiger charge is -2.34. The summed E-state index contributed by atoms with van der Waals surface area (Å²) in [6, 6.07) is 18.3. The third-order valence-electron chi connectivity index (χ3n) is 6.49. The second kappa shape index (κ2) is 9.81. The molecule has 0 unspecified atom stereocenters. The average Bonchev–Trinajstić information content (AvgIpc) is 3.34. The number of aliphatic hydroxyl groups is 1. The van der Waals surface area contributed by atoms with E-state index in [1.54, 1.807) is 18.3 Å². The molecule has 1 aliphatic rings. The van der Waals surface area contributed by atoms with Crippen molar-refractivity contribution in [2.45, 2.75) is 31.4 Å². The SMILES string of the molecule is C[C@H](Nc1nccc(-c2sc(C3(O)CCN(C)CC3)nc2-c2ccc(F)cc2)n1)c1ccccc1. The van der Waals surface area contributed by atoms with E-state index in [2.05, 4.69) is 41.3 Å². The molecule has 8 heteroatoms. The summed E-state index contributed by atoms with van der Waals surface area (Å²) in [5, 5.41) is 15.5. The molecule has 0 bridgehead atoms. The molecule has 2 N–H and O–H groups in total. The molecule has 1 saturated heterocycles. The number of nitrogens with one attached hydrogen (secondary N) is 1. The Labute approximate surface area is 208 Å². The highest BCUT2D eigenvalue weighted by atomic mass is 32.1.